The molecule has 0 saturated carbocycles. The molecule has 2 rings (SSSR count). The topological polar surface area (TPSA) is 48.9 Å². The average Bonchev–Trinajstić information content (AvgIpc) is 2.79. The van der Waals surface area contributed by atoms with Crippen LogP contribution < -0.4 is 0 Å². The molecule has 0 aliphatic rings. The van der Waals surface area contributed by atoms with E-state index in [0.29, 0.717) is 0 Å². The lowest BCUT2D eigenvalue weighted by Gasteiger charge is -2.22. The Bertz CT molecular complexity index is 460. The molecule has 0 bridgehead atoms. The molecule has 3 nitrogen and oxygen atoms in total. The molecule has 0 atom stereocenters. The molecule has 2 N–H and O–H groups in total. The molecule has 84 valence electrons. The summed E-state index contributed by atoms with van der Waals surface area (Å²) in [5, 5.41) is 9.02. The van der Waals surface area contributed by atoms with Gasteiger partial charge in [-0.3, -0.25) is 0 Å². The van der Waals surface area contributed by atoms with Gasteiger partial charge >= 0.3 is 0 Å². The Balaban J connectivity index is 2.38. The Morgan fingerprint density at radius 2 is 1.94 bits per heavy atom. The van der Waals surface area contributed by atoms with Gasteiger partial charge in [-0.05, 0) is 19.4 Å². The highest BCUT2D eigenvalue weighted by Crippen LogP contribution is 2.28. The van der Waals surface area contributed by atoms with Crippen LogP contribution in [-0.2, 0) is 12.0 Å². The molecular formula is C13H16N2O. The minimum absolute atomic E-state index is 0.00211. The fourth-order valence-electron chi connectivity index (χ4n) is 1.75. The molecule has 0 fully saturated rings. The van der Waals surface area contributed by atoms with Crippen LogP contribution in [0.2, 0.25) is 0 Å². The van der Waals surface area contributed by atoms with Crippen LogP contribution in [-0.4, -0.2) is 15.1 Å². The first-order valence-electron chi connectivity index (χ1n) is 5.35. The largest absolute Gasteiger partial charge is 0.390 e. The lowest BCUT2D eigenvalue weighted by atomic mass is 9.84. The molecule has 16 heavy (non-hydrogen) atoms. The van der Waals surface area contributed by atoms with Crippen molar-refractivity contribution in [2.45, 2.75) is 25.9 Å². The van der Waals surface area contributed by atoms with Gasteiger partial charge < -0.3 is 10.1 Å². The number of imidazole rings is 1. The van der Waals surface area contributed by atoms with E-state index >= 15 is 0 Å². The van der Waals surface area contributed by atoms with Gasteiger partial charge in [-0.25, -0.2) is 4.98 Å². The SMILES string of the molecule is CC(C)(c1ccccc1)c1ncc(CO)[nH]1. The van der Waals surface area contributed by atoms with E-state index in [-0.39, 0.29) is 12.0 Å². The van der Waals surface area contributed by atoms with Crippen molar-refractivity contribution >= 4 is 0 Å². The molecule has 0 aliphatic heterocycles. The number of H-pyrrole nitrogens is 1. The van der Waals surface area contributed by atoms with E-state index in [1.54, 1.807) is 6.20 Å². The number of rotatable bonds is 3. The van der Waals surface area contributed by atoms with Gasteiger partial charge in [-0.1, -0.05) is 30.3 Å². The summed E-state index contributed by atoms with van der Waals surface area (Å²) in [6.45, 7) is 4.22. The summed E-state index contributed by atoms with van der Waals surface area (Å²) in [5.74, 6) is 0.878. The zero-order valence-electron chi connectivity index (χ0n) is 9.57. The average molecular weight is 216 g/mol. The minimum atomic E-state index is -0.172. The Kier molecular flexibility index (Phi) is 2.79. The van der Waals surface area contributed by atoms with Crippen molar-refractivity contribution in [3.8, 4) is 0 Å². The van der Waals surface area contributed by atoms with Crippen LogP contribution in [0.4, 0.5) is 0 Å². The molecule has 0 aliphatic carbocycles. The quantitative estimate of drug-likeness (QED) is 0.826. The first kappa shape index (κ1) is 10.9. The second-order valence-corrected chi connectivity index (χ2v) is 4.41. The van der Waals surface area contributed by atoms with Gasteiger partial charge in [0.15, 0.2) is 0 Å². The van der Waals surface area contributed by atoms with Crippen molar-refractivity contribution in [1.29, 1.82) is 0 Å². The lowest BCUT2D eigenvalue weighted by molar-refractivity contribution is 0.277. The number of aliphatic hydroxyl groups excluding tert-OH is 1. The molecule has 1 aromatic carbocycles. The van der Waals surface area contributed by atoms with E-state index in [2.05, 4.69) is 35.9 Å². The summed E-state index contributed by atoms with van der Waals surface area (Å²) in [5.41, 5.74) is 1.78. The van der Waals surface area contributed by atoms with Crippen LogP contribution in [0, 0.1) is 0 Å². The summed E-state index contributed by atoms with van der Waals surface area (Å²) in [6, 6.07) is 10.2. The maximum Gasteiger partial charge on any atom is 0.116 e. The van der Waals surface area contributed by atoms with Crippen LogP contribution in [0.5, 0.6) is 0 Å². The number of hydrogen-bond acceptors (Lipinski definition) is 2. The highest BCUT2D eigenvalue weighted by Gasteiger charge is 2.25. The predicted octanol–water partition coefficient (Wildman–Crippen LogP) is 2.23. The van der Waals surface area contributed by atoms with Crippen LogP contribution in [0.15, 0.2) is 36.5 Å². The highest BCUT2D eigenvalue weighted by molar-refractivity contribution is 5.31. The number of nitrogens with one attached hydrogen (secondary N) is 1. The van der Waals surface area contributed by atoms with E-state index in [4.69, 9.17) is 5.11 Å². The molecular weight excluding hydrogens is 200 g/mol. The summed E-state index contributed by atoms with van der Waals surface area (Å²) < 4.78 is 0. The Labute approximate surface area is 95.2 Å². The molecule has 2 aromatic rings. The summed E-state index contributed by atoms with van der Waals surface area (Å²) in [6.07, 6.45) is 1.68. The van der Waals surface area contributed by atoms with Crippen LogP contribution in [0.3, 0.4) is 0 Å². The van der Waals surface area contributed by atoms with Gasteiger partial charge in [0.2, 0.25) is 0 Å². The number of nitrogens with zero attached hydrogens (tertiary/aromatic N) is 1. The summed E-state index contributed by atoms with van der Waals surface area (Å²) in [7, 11) is 0. The smallest absolute Gasteiger partial charge is 0.116 e. The van der Waals surface area contributed by atoms with Crippen molar-refractivity contribution in [3.63, 3.8) is 0 Å². The molecule has 0 saturated heterocycles. The zero-order chi connectivity index (χ0) is 11.6. The highest BCUT2D eigenvalue weighted by atomic mass is 16.3. The number of aromatic amines is 1. The van der Waals surface area contributed by atoms with Gasteiger partial charge in [0.05, 0.1) is 18.5 Å². The van der Waals surface area contributed by atoms with Gasteiger partial charge in [-0.15, -0.1) is 0 Å². The van der Waals surface area contributed by atoms with Crippen LogP contribution >= 0.6 is 0 Å². The standard InChI is InChI=1S/C13H16N2O/c1-13(2,10-6-4-3-5-7-10)12-14-8-11(9-16)15-12/h3-8,16H,9H2,1-2H3,(H,14,15). The molecule has 1 heterocycles. The fraction of sp³-hybridized carbons (Fsp3) is 0.308. The normalized spacial score (nSPS) is 11.7. The molecule has 1 aromatic heterocycles. The Morgan fingerprint density at radius 3 is 2.50 bits per heavy atom. The van der Waals surface area contributed by atoms with Crippen LogP contribution in [0.25, 0.3) is 0 Å². The third-order valence-corrected chi connectivity index (χ3v) is 2.89. The van der Waals surface area contributed by atoms with Crippen molar-refractivity contribution in [2.24, 2.45) is 0 Å². The van der Waals surface area contributed by atoms with Crippen molar-refractivity contribution < 1.29 is 5.11 Å². The van der Waals surface area contributed by atoms with Gasteiger partial charge in [0.1, 0.15) is 5.82 Å². The number of benzene rings is 1. The molecule has 0 unspecified atom stereocenters. The summed E-state index contributed by atoms with van der Waals surface area (Å²) in [4.78, 5) is 7.46. The minimum Gasteiger partial charge on any atom is -0.390 e. The van der Waals surface area contributed by atoms with Crippen molar-refractivity contribution in [1.82, 2.24) is 9.97 Å². The third-order valence-electron chi connectivity index (χ3n) is 2.89. The monoisotopic (exact) mass is 216 g/mol. The number of aromatic nitrogens is 2. The molecule has 0 spiro atoms. The number of hydrogen-bond donors (Lipinski definition) is 2. The summed E-state index contributed by atoms with van der Waals surface area (Å²) >= 11 is 0. The fourth-order valence-corrected chi connectivity index (χ4v) is 1.75. The third kappa shape index (κ3) is 1.86. The first-order chi connectivity index (χ1) is 7.64. The van der Waals surface area contributed by atoms with E-state index < -0.39 is 0 Å². The second-order valence-electron chi connectivity index (χ2n) is 4.41. The van der Waals surface area contributed by atoms with E-state index in [1.807, 2.05) is 18.2 Å². The van der Waals surface area contributed by atoms with Gasteiger partial charge in [-0.2, -0.15) is 0 Å². The second kappa shape index (κ2) is 4.10. The van der Waals surface area contributed by atoms with Crippen LogP contribution in [0.1, 0.15) is 30.9 Å². The maximum absolute atomic E-state index is 9.02. The lowest BCUT2D eigenvalue weighted by Crippen LogP contribution is -2.20. The van der Waals surface area contributed by atoms with Crippen molar-refractivity contribution in [2.75, 3.05) is 0 Å². The van der Waals surface area contributed by atoms with E-state index in [0.717, 1.165) is 11.5 Å². The zero-order valence-corrected chi connectivity index (χ0v) is 9.57. The van der Waals surface area contributed by atoms with E-state index in [9.17, 15) is 0 Å². The van der Waals surface area contributed by atoms with E-state index in [1.165, 1.54) is 5.56 Å². The number of aliphatic hydroxyl groups is 1. The first-order valence-corrected chi connectivity index (χ1v) is 5.35. The van der Waals surface area contributed by atoms with Gasteiger partial charge in [0.25, 0.3) is 0 Å². The molecule has 0 radical (unpaired) electrons. The maximum atomic E-state index is 9.02. The Morgan fingerprint density at radius 1 is 1.25 bits per heavy atom. The Hall–Kier alpha value is -1.61. The van der Waals surface area contributed by atoms with Crippen molar-refractivity contribution in [3.05, 3.63) is 53.6 Å². The molecule has 0 amide bonds. The van der Waals surface area contributed by atoms with Gasteiger partial charge in [0, 0.05) is 5.41 Å². The predicted molar refractivity (Wildman–Crippen MR) is 63.1 cm³/mol. The molecule has 3 heteroatoms.